The number of hydrogen-bond donors (Lipinski definition) is 1. The summed E-state index contributed by atoms with van der Waals surface area (Å²) in [6, 6.07) is 4.57. The molecule has 0 aliphatic heterocycles. The lowest BCUT2D eigenvalue weighted by atomic mass is 10.2. The molecule has 8 heteroatoms. The quantitative estimate of drug-likeness (QED) is 0.687. The average Bonchev–Trinajstić information content (AvgIpc) is 2.66. The maximum atomic E-state index is 14.1. The molecule has 0 aliphatic rings. The highest BCUT2D eigenvalue weighted by Crippen LogP contribution is 2.46. The minimum absolute atomic E-state index is 0.0433. The highest BCUT2D eigenvalue weighted by molar-refractivity contribution is 8.34. The Morgan fingerprint density at radius 2 is 1.77 bits per heavy atom. The van der Waals surface area contributed by atoms with Gasteiger partial charge in [0.05, 0.1) is 13.3 Å². The van der Waals surface area contributed by atoms with Crippen LogP contribution in [0.2, 0.25) is 0 Å². The van der Waals surface area contributed by atoms with Crippen molar-refractivity contribution in [1.29, 1.82) is 0 Å². The van der Waals surface area contributed by atoms with E-state index >= 15 is 0 Å². The Labute approximate surface area is 154 Å². The van der Waals surface area contributed by atoms with Gasteiger partial charge in [-0.15, -0.1) is 0 Å². The van der Waals surface area contributed by atoms with Crippen molar-refractivity contribution in [1.82, 2.24) is 9.97 Å². The first-order chi connectivity index (χ1) is 12.5. The molecule has 144 valence electrons. The third kappa shape index (κ3) is 4.75. The molecule has 0 saturated heterocycles. The zero-order chi connectivity index (χ0) is 19.2. The summed E-state index contributed by atoms with van der Waals surface area (Å²) in [6.07, 6.45) is 1.09. The molecular formula is C18H25F2N3O2S. The van der Waals surface area contributed by atoms with Gasteiger partial charge in [0.25, 0.3) is 0 Å². The maximum absolute atomic E-state index is 14.1. The molecule has 5 nitrogen and oxygen atoms in total. The fraction of sp³-hybridized carbons (Fsp3) is 0.444. The number of nitrogens with zero attached hydrogens (tertiary/aromatic N) is 2. The fourth-order valence-electron chi connectivity index (χ4n) is 2.47. The van der Waals surface area contributed by atoms with Crippen molar-refractivity contribution in [2.24, 2.45) is 0 Å². The largest absolute Gasteiger partial charge is 0.494 e. The van der Waals surface area contributed by atoms with Gasteiger partial charge >= 0.3 is 6.01 Å². The van der Waals surface area contributed by atoms with E-state index in [9.17, 15) is 8.78 Å². The van der Waals surface area contributed by atoms with E-state index in [0.29, 0.717) is 5.56 Å². The van der Waals surface area contributed by atoms with Crippen LogP contribution in [0.15, 0.2) is 24.4 Å². The molecule has 0 unspecified atom stereocenters. The average molecular weight is 385 g/mol. The van der Waals surface area contributed by atoms with Gasteiger partial charge in [-0.1, -0.05) is 26.8 Å². The van der Waals surface area contributed by atoms with E-state index < -0.39 is 21.8 Å². The zero-order valence-corrected chi connectivity index (χ0v) is 16.3. The lowest BCUT2D eigenvalue weighted by molar-refractivity contribution is 0.279. The van der Waals surface area contributed by atoms with Gasteiger partial charge < -0.3 is 14.2 Å². The summed E-state index contributed by atoms with van der Waals surface area (Å²) in [5.74, 6) is 2.09. The van der Waals surface area contributed by atoms with E-state index in [2.05, 4.69) is 35.5 Å². The second-order valence-electron chi connectivity index (χ2n) is 5.62. The van der Waals surface area contributed by atoms with Crippen LogP contribution in [0.1, 0.15) is 26.3 Å². The van der Waals surface area contributed by atoms with Crippen LogP contribution in [0.5, 0.6) is 11.8 Å². The normalized spacial score (nSPS) is 11.9. The summed E-state index contributed by atoms with van der Waals surface area (Å²) in [4.78, 5) is 8.02. The number of ether oxygens (including phenoxy) is 2. The molecule has 26 heavy (non-hydrogen) atoms. The van der Waals surface area contributed by atoms with Crippen LogP contribution < -0.4 is 14.2 Å². The number of methoxy groups -OCH3 is 1. The Hall–Kier alpha value is -2.09. The summed E-state index contributed by atoms with van der Waals surface area (Å²) in [5, 5.41) is 0. The third-order valence-electron chi connectivity index (χ3n) is 4.28. The second kappa shape index (κ2) is 9.02. The summed E-state index contributed by atoms with van der Waals surface area (Å²) >= 11 is 0. The number of nitrogens with one attached hydrogen (secondary N) is 1. The first kappa shape index (κ1) is 20.2. The monoisotopic (exact) mass is 385 g/mol. The number of rotatable bonds is 9. The molecule has 0 radical (unpaired) electrons. The molecule has 2 rings (SSSR count). The third-order valence-corrected chi connectivity index (χ3v) is 8.22. The molecule has 2 aromatic rings. The smallest absolute Gasteiger partial charge is 0.318 e. The van der Waals surface area contributed by atoms with Gasteiger partial charge in [-0.05, 0) is 35.0 Å². The summed E-state index contributed by atoms with van der Waals surface area (Å²) in [6.45, 7) is 6.33. The molecule has 0 aliphatic carbocycles. The van der Waals surface area contributed by atoms with Crippen molar-refractivity contribution in [3.8, 4) is 11.8 Å². The van der Waals surface area contributed by atoms with E-state index in [4.69, 9.17) is 9.47 Å². The molecule has 0 spiro atoms. The Balaban J connectivity index is 2.12. The van der Waals surface area contributed by atoms with Gasteiger partial charge in [0.15, 0.2) is 23.2 Å². The molecule has 1 aromatic heterocycles. The second-order valence-corrected chi connectivity index (χ2v) is 9.65. The van der Waals surface area contributed by atoms with Gasteiger partial charge in [0.2, 0.25) is 0 Å². The van der Waals surface area contributed by atoms with Gasteiger partial charge in [-0.25, -0.2) is 13.8 Å². The molecule has 0 saturated carbocycles. The molecule has 0 atom stereocenters. The predicted octanol–water partition coefficient (Wildman–Crippen LogP) is 4.53. The fourth-order valence-corrected chi connectivity index (χ4v) is 4.68. The van der Waals surface area contributed by atoms with Crippen LogP contribution >= 0.6 is 10.2 Å². The van der Waals surface area contributed by atoms with Crippen LogP contribution in [-0.2, 0) is 6.61 Å². The van der Waals surface area contributed by atoms with Gasteiger partial charge in [-0.3, -0.25) is 0 Å². The van der Waals surface area contributed by atoms with Crippen molar-refractivity contribution in [2.75, 3.05) is 29.1 Å². The first-order valence-electron chi connectivity index (χ1n) is 8.48. The van der Waals surface area contributed by atoms with Crippen molar-refractivity contribution >= 4 is 16.0 Å². The molecule has 0 bridgehead atoms. The topological polar surface area (TPSA) is 56.3 Å². The summed E-state index contributed by atoms with van der Waals surface area (Å²) in [5.41, 5.74) is 0.599. The molecule has 1 N–H and O–H groups in total. The standard InChI is InChI=1S/C18H25F2N3O2S/c1-5-26(6-2,7-3)23-17-15(20)11-21-18(22-17)25-12-13-8-9-16(24-4)14(19)10-13/h8-11H,5-7,12H2,1-4H3,(H,21,22,23). The maximum Gasteiger partial charge on any atom is 0.318 e. The van der Waals surface area contributed by atoms with Crippen LogP contribution in [0.25, 0.3) is 0 Å². The first-order valence-corrected chi connectivity index (χ1v) is 10.6. The van der Waals surface area contributed by atoms with E-state index in [1.165, 1.54) is 19.2 Å². The van der Waals surface area contributed by atoms with E-state index in [1.54, 1.807) is 6.07 Å². The van der Waals surface area contributed by atoms with Crippen molar-refractivity contribution in [3.05, 3.63) is 41.6 Å². The molecule has 1 heterocycles. The number of hydrogen-bond acceptors (Lipinski definition) is 5. The van der Waals surface area contributed by atoms with Crippen LogP contribution in [0, 0.1) is 11.6 Å². The lowest BCUT2D eigenvalue weighted by Gasteiger charge is -2.38. The van der Waals surface area contributed by atoms with Crippen LogP contribution in [-0.4, -0.2) is 34.3 Å². The zero-order valence-electron chi connectivity index (χ0n) is 15.5. The highest BCUT2D eigenvalue weighted by Gasteiger charge is 2.20. The number of aromatic nitrogens is 2. The van der Waals surface area contributed by atoms with Gasteiger partial charge in [0, 0.05) is 0 Å². The molecule has 1 aromatic carbocycles. The Morgan fingerprint density at radius 1 is 1.08 bits per heavy atom. The number of benzene rings is 1. The summed E-state index contributed by atoms with van der Waals surface area (Å²) < 4.78 is 41.5. The lowest BCUT2D eigenvalue weighted by Crippen LogP contribution is -2.19. The summed E-state index contributed by atoms with van der Waals surface area (Å²) in [7, 11) is 0.221. The van der Waals surface area contributed by atoms with E-state index in [-0.39, 0.29) is 24.2 Å². The SMILES string of the molecule is CCS(CC)(CC)Nc1nc(OCc2ccc(OC)c(F)c2)ncc1F. The molecule has 0 fully saturated rings. The minimum Gasteiger partial charge on any atom is -0.494 e. The van der Waals surface area contributed by atoms with Gasteiger partial charge in [0.1, 0.15) is 6.61 Å². The predicted molar refractivity (Wildman–Crippen MR) is 102 cm³/mol. The number of anilines is 1. The van der Waals surface area contributed by atoms with Gasteiger partial charge in [-0.2, -0.15) is 15.2 Å². The van der Waals surface area contributed by atoms with Crippen molar-refractivity contribution < 1.29 is 18.3 Å². The Kier molecular flexibility index (Phi) is 7.02. The Morgan fingerprint density at radius 3 is 2.35 bits per heavy atom. The van der Waals surface area contributed by atoms with Crippen molar-refractivity contribution in [2.45, 2.75) is 27.4 Å². The minimum atomic E-state index is -1.18. The molecular weight excluding hydrogens is 360 g/mol. The molecule has 0 amide bonds. The van der Waals surface area contributed by atoms with Crippen LogP contribution in [0.4, 0.5) is 14.6 Å². The Bertz CT molecular complexity index is 734. The van der Waals surface area contributed by atoms with E-state index in [0.717, 1.165) is 23.5 Å². The van der Waals surface area contributed by atoms with E-state index in [1.807, 2.05) is 0 Å². The number of halogens is 2. The van der Waals surface area contributed by atoms with Crippen LogP contribution in [0.3, 0.4) is 0 Å². The highest BCUT2D eigenvalue weighted by atomic mass is 32.3. The van der Waals surface area contributed by atoms with Crippen molar-refractivity contribution in [3.63, 3.8) is 0 Å².